The van der Waals surface area contributed by atoms with Gasteiger partial charge in [-0.05, 0) is 24.3 Å². The Morgan fingerprint density at radius 1 is 1.18 bits per heavy atom. The Hall–Kier alpha value is -1.29. The van der Waals surface area contributed by atoms with Crippen LogP contribution in [0.4, 0.5) is 0 Å². The standard InChI is InChI=1S/C13H15BrN2O/c1-15-7-8-16(2)13(15)9-12(17)10-3-5-11(14)6-4-10/h3-6,9H,7-8H2,1-2H3. The Morgan fingerprint density at radius 3 is 2.24 bits per heavy atom. The smallest absolute Gasteiger partial charge is 0.189 e. The molecule has 2 rings (SSSR count). The second-order valence-electron chi connectivity index (χ2n) is 4.22. The molecule has 1 saturated heterocycles. The summed E-state index contributed by atoms with van der Waals surface area (Å²) >= 11 is 3.36. The van der Waals surface area contributed by atoms with Crippen LogP contribution >= 0.6 is 15.9 Å². The van der Waals surface area contributed by atoms with Crippen LogP contribution in [0.25, 0.3) is 0 Å². The summed E-state index contributed by atoms with van der Waals surface area (Å²) < 4.78 is 0.983. The lowest BCUT2D eigenvalue weighted by Crippen LogP contribution is -2.18. The fourth-order valence-corrected chi connectivity index (χ4v) is 2.12. The lowest BCUT2D eigenvalue weighted by molar-refractivity contribution is 0.104. The van der Waals surface area contributed by atoms with E-state index in [9.17, 15) is 4.79 Å². The fourth-order valence-electron chi connectivity index (χ4n) is 1.86. The third kappa shape index (κ3) is 2.69. The highest BCUT2D eigenvalue weighted by molar-refractivity contribution is 9.10. The Labute approximate surface area is 110 Å². The first-order valence-electron chi connectivity index (χ1n) is 5.52. The van der Waals surface area contributed by atoms with Gasteiger partial charge in [-0.1, -0.05) is 15.9 Å². The molecule has 0 amide bonds. The van der Waals surface area contributed by atoms with Gasteiger partial charge < -0.3 is 9.80 Å². The van der Waals surface area contributed by atoms with Crippen molar-refractivity contribution in [3.05, 3.63) is 46.2 Å². The number of benzene rings is 1. The van der Waals surface area contributed by atoms with Crippen molar-refractivity contribution in [3.63, 3.8) is 0 Å². The first kappa shape index (κ1) is 12.2. The van der Waals surface area contributed by atoms with Crippen LogP contribution < -0.4 is 0 Å². The first-order chi connectivity index (χ1) is 8.08. The van der Waals surface area contributed by atoms with Crippen molar-refractivity contribution in [3.8, 4) is 0 Å². The van der Waals surface area contributed by atoms with Gasteiger partial charge in [-0.15, -0.1) is 0 Å². The minimum absolute atomic E-state index is 0.0492. The second kappa shape index (κ2) is 4.92. The third-order valence-electron chi connectivity index (χ3n) is 2.94. The molecular formula is C13H15BrN2O. The number of carbonyl (C=O) groups is 1. The Bertz CT molecular complexity index is 441. The van der Waals surface area contributed by atoms with E-state index in [2.05, 4.69) is 25.7 Å². The predicted molar refractivity (Wildman–Crippen MR) is 71.8 cm³/mol. The summed E-state index contributed by atoms with van der Waals surface area (Å²) in [5.41, 5.74) is 0.717. The molecule has 4 heteroatoms. The zero-order chi connectivity index (χ0) is 12.4. The maximum atomic E-state index is 12.1. The van der Waals surface area contributed by atoms with Gasteiger partial charge in [0.15, 0.2) is 5.78 Å². The highest BCUT2D eigenvalue weighted by Crippen LogP contribution is 2.16. The predicted octanol–water partition coefficient (Wildman–Crippen LogP) is 2.35. The molecule has 0 saturated carbocycles. The van der Waals surface area contributed by atoms with Crippen LogP contribution in [0, 0.1) is 0 Å². The zero-order valence-corrected chi connectivity index (χ0v) is 11.6. The molecule has 1 aliphatic heterocycles. The van der Waals surface area contributed by atoms with E-state index >= 15 is 0 Å². The summed E-state index contributed by atoms with van der Waals surface area (Å²) in [5.74, 6) is 1.03. The molecule has 0 aliphatic carbocycles. The van der Waals surface area contributed by atoms with Crippen LogP contribution in [0.15, 0.2) is 40.6 Å². The first-order valence-corrected chi connectivity index (χ1v) is 6.31. The van der Waals surface area contributed by atoms with Crippen molar-refractivity contribution in [2.45, 2.75) is 0 Å². The summed E-state index contributed by atoms with van der Waals surface area (Å²) in [5, 5.41) is 0. The molecule has 0 radical (unpaired) electrons. The summed E-state index contributed by atoms with van der Waals surface area (Å²) in [6, 6.07) is 7.43. The Kier molecular flexibility index (Phi) is 3.52. The molecule has 0 N–H and O–H groups in total. The van der Waals surface area contributed by atoms with Crippen LogP contribution in [0.5, 0.6) is 0 Å². The van der Waals surface area contributed by atoms with E-state index in [1.807, 2.05) is 38.4 Å². The van der Waals surface area contributed by atoms with Gasteiger partial charge in [0.2, 0.25) is 0 Å². The largest absolute Gasteiger partial charge is 0.359 e. The lowest BCUT2D eigenvalue weighted by Gasteiger charge is -2.17. The van der Waals surface area contributed by atoms with Crippen molar-refractivity contribution in [2.24, 2.45) is 0 Å². The quantitative estimate of drug-likeness (QED) is 0.618. The molecule has 1 aromatic rings. The molecule has 17 heavy (non-hydrogen) atoms. The number of halogens is 1. The van der Waals surface area contributed by atoms with Crippen molar-refractivity contribution < 1.29 is 4.79 Å². The minimum Gasteiger partial charge on any atom is -0.359 e. The lowest BCUT2D eigenvalue weighted by atomic mass is 10.1. The molecule has 0 atom stereocenters. The van der Waals surface area contributed by atoms with E-state index in [0.717, 1.165) is 28.9 Å². The highest BCUT2D eigenvalue weighted by Gasteiger charge is 2.19. The molecule has 90 valence electrons. The van der Waals surface area contributed by atoms with Crippen molar-refractivity contribution in [1.29, 1.82) is 0 Å². The van der Waals surface area contributed by atoms with E-state index in [4.69, 9.17) is 0 Å². The summed E-state index contributed by atoms with van der Waals surface area (Å²) in [6.07, 6.45) is 1.70. The molecule has 3 nitrogen and oxygen atoms in total. The molecule has 0 aromatic heterocycles. The van der Waals surface area contributed by atoms with Gasteiger partial charge in [-0.3, -0.25) is 4.79 Å². The number of hydrogen-bond donors (Lipinski definition) is 0. The second-order valence-corrected chi connectivity index (χ2v) is 5.13. The number of ketones is 1. The van der Waals surface area contributed by atoms with Crippen LogP contribution in [0.1, 0.15) is 10.4 Å². The average molecular weight is 295 g/mol. The van der Waals surface area contributed by atoms with Gasteiger partial charge >= 0.3 is 0 Å². The van der Waals surface area contributed by atoms with Gasteiger partial charge in [-0.25, -0.2) is 0 Å². The van der Waals surface area contributed by atoms with E-state index in [1.54, 1.807) is 6.08 Å². The number of rotatable bonds is 2. The summed E-state index contributed by atoms with van der Waals surface area (Å²) in [4.78, 5) is 16.2. The van der Waals surface area contributed by atoms with E-state index < -0.39 is 0 Å². The number of nitrogens with zero attached hydrogens (tertiary/aromatic N) is 2. The van der Waals surface area contributed by atoms with E-state index in [-0.39, 0.29) is 5.78 Å². The molecule has 1 fully saturated rings. The molecule has 1 aliphatic rings. The van der Waals surface area contributed by atoms with Gasteiger partial charge in [0.1, 0.15) is 5.82 Å². The van der Waals surface area contributed by atoms with Crippen molar-refractivity contribution >= 4 is 21.7 Å². The van der Waals surface area contributed by atoms with E-state index in [1.165, 1.54) is 0 Å². The maximum absolute atomic E-state index is 12.1. The monoisotopic (exact) mass is 294 g/mol. The normalized spacial score (nSPS) is 15.4. The number of likely N-dealkylation sites (N-methyl/N-ethyl adjacent to an activating group) is 2. The average Bonchev–Trinajstić information content (AvgIpc) is 2.61. The molecular weight excluding hydrogens is 280 g/mol. The Morgan fingerprint density at radius 2 is 1.71 bits per heavy atom. The van der Waals surface area contributed by atoms with Crippen LogP contribution in [-0.2, 0) is 0 Å². The Balaban J connectivity index is 2.21. The summed E-state index contributed by atoms with van der Waals surface area (Å²) in [7, 11) is 4.01. The van der Waals surface area contributed by atoms with Crippen LogP contribution in [-0.4, -0.2) is 42.8 Å². The highest BCUT2D eigenvalue weighted by atomic mass is 79.9. The van der Waals surface area contributed by atoms with Gasteiger partial charge in [0, 0.05) is 43.3 Å². The van der Waals surface area contributed by atoms with Crippen molar-refractivity contribution in [2.75, 3.05) is 27.2 Å². The van der Waals surface area contributed by atoms with Crippen LogP contribution in [0.3, 0.4) is 0 Å². The molecule has 1 aromatic carbocycles. The molecule has 0 unspecified atom stereocenters. The van der Waals surface area contributed by atoms with Gasteiger partial charge in [0.25, 0.3) is 0 Å². The third-order valence-corrected chi connectivity index (χ3v) is 3.47. The topological polar surface area (TPSA) is 23.6 Å². The number of hydrogen-bond acceptors (Lipinski definition) is 3. The van der Waals surface area contributed by atoms with Crippen LogP contribution in [0.2, 0.25) is 0 Å². The van der Waals surface area contributed by atoms with Gasteiger partial charge in [-0.2, -0.15) is 0 Å². The fraction of sp³-hybridized carbons (Fsp3) is 0.308. The zero-order valence-electron chi connectivity index (χ0n) is 9.98. The number of carbonyl (C=O) groups excluding carboxylic acids is 1. The number of allylic oxidation sites excluding steroid dienone is 1. The van der Waals surface area contributed by atoms with Crippen molar-refractivity contribution in [1.82, 2.24) is 9.80 Å². The molecule has 0 spiro atoms. The SMILES string of the molecule is CN1CCN(C)C1=CC(=O)c1ccc(Br)cc1. The summed E-state index contributed by atoms with van der Waals surface area (Å²) in [6.45, 7) is 1.94. The van der Waals surface area contributed by atoms with Gasteiger partial charge in [0.05, 0.1) is 0 Å². The molecule has 1 heterocycles. The maximum Gasteiger partial charge on any atom is 0.189 e. The van der Waals surface area contributed by atoms with E-state index in [0.29, 0.717) is 0 Å². The minimum atomic E-state index is 0.0492. The molecule has 0 bridgehead atoms.